The predicted octanol–water partition coefficient (Wildman–Crippen LogP) is 1.83. The summed E-state index contributed by atoms with van der Waals surface area (Å²) in [6, 6.07) is 8.89. The van der Waals surface area contributed by atoms with Crippen molar-refractivity contribution in [2.45, 2.75) is 30.2 Å². The number of nitrogens with zero attached hydrogens (tertiary/aromatic N) is 2. The molecule has 0 unspecified atom stereocenters. The molecule has 0 saturated heterocycles. The fourth-order valence-electron chi connectivity index (χ4n) is 2.45. The van der Waals surface area contributed by atoms with Crippen LogP contribution in [0.15, 0.2) is 29.2 Å². The zero-order valence-corrected chi connectivity index (χ0v) is 16.5. The Morgan fingerprint density at radius 3 is 2.59 bits per heavy atom. The van der Waals surface area contributed by atoms with Gasteiger partial charge in [-0.1, -0.05) is 12.1 Å². The van der Waals surface area contributed by atoms with E-state index in [1.54, 1.807) is 45.3 Å². The molecule has 7 nitrogen and oxygen atoms in total. The second-order valence-corrected chi connectivity index (χ2v) is 7.80. The van der Waals surface area contributed by atoms with Crippen molar-refractivity contribution in [2.24, 2.45) is 5.92 Å². The third-order valence-electron chi connectivity index (χ3n) is 4.32. The Hall–Kier alpha value is -2.53. The zero-order chi connectivity index (χ0) is 20.0. The largest absolute Gasteiger partial charge is 0.452 e. The van der Waals surface area contributed by atoms with Crippen molar-refractivity contribution in [3.63, 3.8) is 0 Å². The van der Waals surface area contributed by atoms with Gasteiger partial charge in [-0.2, -0.15) is 5.26 Å². The van der Waals surface area contributed by atoms with E-state index in [9.17, 15) is 19.6 Å². The molecule has 0 spiro atoms. The van der Waals surface area contributed by atoms with Crippen molar-refractivity contribution in [1.29, 1.82) is 5.26 Å². The van der Waals surface area contributed by atoms with Crippen LogP contribution in [0.25, 0.3) is 0 Å². The molecule has 1 N–H and O–H groups in total. The summed E-state index contributed by atoms with van der Waals surface area (Å²) in [4.78, 5) is 38.2. The van der Waals surface area contributed by atoms with E-state index in [1.165, 1.54) is 16.7 Å². The van der Waals surface area contributed by atoms with Crippen LogP contribution in [0.1, 0.15) is 30.1 Å². The Kier molecular flexibility index (Phi) is 6.86. The third kappa shape index (κ3) is 5.73. The zero-order valence-electron chi connectivity index (χ0n) is 15.7. The molecular weight excluding hydrogens is 366 g/mol. The van der Waals surface area contributed by atoms with Crippen molar-refractivity contribution >= 4 is 29.5 Å². The summed E-state index contributed by atoms with van der Waals surface area (Å²) in [6.45, 7) is 1.22. The topological polar surface area (TPSA) is 99.5 Å². The van der Waals surface area contributed by atoms with E-state index in [-0.39, 0.29) is 17.6 Å². The highest BCUT2D eigenvalue weighted by molar-refractivity contribution is 8.00. The number of ether oxygens (including phenoxy) is 1. The summed E-state index contributed by atoms with van der Waals surface area (Å²) in [7, 11) is 3.33. The highest BCUT2D eigenvalue weighted by atomic mass is 32.2. The molecule has 2 amide bonds. The van der Waals surface area contributed by atoms with E-state index in [4.69, 9.17) is 4.74 Å². The minimum Gasteiger partial charge on any atom is -0.452 e. The standard InChI is InChI=1S/C19H23N3O4S/c1-19(12-20,13-8-9-13)21-16(23)10-26-18(25)14-6-4-5-7-15(14)27-11-17(24)22(2)3/h4-7,13H,8-11H2,1-3H3,(H,21,23)/t19-/m1/s1. The quantitative estimate of drug-likeness (QED) is 0.538. The van der Waals surface area contributed by atoms with Gasteiger partial charge in [0.1, 0.15) is 5.54 Å². The molecule has 2 rings (SSSR count). The lowest BCUT2D eigenvalue weighted by molar-refractivity contribution is -0.126. The van der Waals surface area contributed by atoms with Gasteiger partial charge in [0.15, 0.2) is 6.61 Å². The van der Waals surface area contributed by atoms with Gasteiger partial charge in [-0.3, -0.25) is 9.59 Å². The van der Waals surface area contributed by atoms with Gasteiger partial charge < -0.3 is 15.0 Å². The van der Waals surface area contributed by atoms with Gasteiger partial charge in [-0.05, 0) is 37.8 Å². The lowest BCUT2D eigenvalue weighted by atomic mass is 9.98. The summed E-state index contributed by atoms with van der Waals surface area (Å²) in [5.74, 6) is -0.880. The molecule has 0 radical (unpaired) electrons. The minimum absolute atomic E-state index is 0.0709. The van der Waals surface area contributed by atoms with Gasteiger partial charge in [0.2, 0.25) is 5.91 Å². The SMILES string of the molecule is CN(C)C(=O)CSc1ccccc1C(=O)OCC(=O)N[C@](C)(C#N)C1CC1. The second-order valence-electron chi connectivity index (χ2n) is 6.79. The number of nitriles is 1. The van der Waals surface area contributed by atoms with Gasteiger partial charge in [-0.25, -0.2) is 4.79 Å². The lowest BCUT2D eigenvalue weighted by Gasteiger charge is -2.22. The molecule has 1 fully saturated rings. The number of nitrogens with one attached hydrogen (secondary N) is 1. The Bertz CT molecular complexity index is 770. The van der Waals surface area contributed by atoms with E-state index in [0.717, 1.165) is 12.8 Å². The van der Waals surface area contributed by atoms with Crippen molar-refractivity contribution in [3.8, 4) is 6.07 Å². The molecule has 0 aliphatic heterocycles. The normalized spacial score (nSPS) is 15.2. The number of carbonyl (C=O) groups is 3. The van der Waals surface area contributed by atoms with E-state index in [1.807, 2.05) is 0 Å². The van der Waals surface area contributed by atoms with Crippen LogP contribution < -0.4 is 5.32 Å². The number of esters is 1. The number of rotatable bonds is 8. The maximum atomic E-state index is 12.4. The van der Waals surface area contributed by atoms with Gasteiger partial charge >= 0.3 is 5.97 Å². The smallest absolute Gasteiger partial charge is 0.339 e. The molecule has 1 saturated carbocycles. The number of thioether (sulfide) groups is 1. The molecule has 1 aliphatic rings. The molecule has 0 bridgehead atoms. The van der Waals surface area contributed by atoms with E-state index in [0.29, 0.717) is 10.5 Å². The second kappa shape index (κ2) is 8.91. The van der Waals surface area contributed by atoms with Crippen molar-refractivity contribution in [1.82, 2.24) is 10.2 Å². The van der Waals surface area contributed by atoms with E-state index < -0.39 is 24.0 Å². The first-order chi connectivity index (χ1) is 12.8. The molecule has 27 heavy (non-hydrogen) atoms. The van der Waals surface area contributed by atoms with Crippen LogP contribution in [0.3, 0.4) is 0 Å². The fourth-order valence-corrected chi connectivity index (χ4v) is 3.47. The fraction of sp³-hybridized carbons (Fsp3) is 0.474. The highest BCUT2D eigenvalue weighted by Crippen LogP contribution is 2.39. The molecular formula is C19H23N3O4S. The predicted molar refractivity (Wildman–Crippen MR) is 101 cm³/mol. The maximum absolute atomic E-state index is 12.4. The molecule has 0 heterocycles. The van der Waals surface area contributed by atoms with Crippen molar-refractivity contribution in [2.75, 3.05) is 26.5 Å². The first-order valence-electron chi connectivity index (χ1n) is 8.58. The van der Waals surface area contributed by atoms with Crippen LogP contribution >= 0.6 is 11.8 Å². The Morgan fingerprint density at radius 1 is 1.33 bits per heavy atom. The van der Waals surface area contributed by atoms with Crippen LogP contribution in [0.2, 0.25) is 0 Å². The summed E-state index contributed by atoms with van der Waals surface area (Å²) in [6.07, 6.45) is 1.81. The molecule has 1 aliphatic carbocycles. The summed E-state index contributed by atoms with van der Waals surface area (Å²) in [5.41, 5.74) is -0.629. The molecule has 8 heteroatoms. The van der Waals surface area contributed by atoms with Crippen LogP contribution in [0.4, 0.5) is 0 Å². The van der Waals surface area contributed by atoms with Gasteiger partial charge in [0.05, 0.1) is 17.4 Å². The molecule has 0 aromatic heterocycles. The molecule has 1 aromatic rings. The Labute approximate surface area is 163 Å². The van der Waals surface area contributed by atoms with Crippen LogP contribution in [0, 0.1) is 17.2 Å². The Morgan fingerprint density at radius 2 is 2.00 bits per heavy atom. The molecule has 144 valence electrons. The van der Waals surface area contributed by atoms with E-state index >= 15 is 0 Å². The van der Waals surface area contributed by atoms with Gasteiger partial charge in [0, 0.05) is 19.0 Å². The molecule has 1 aromatic carbocycles. The number of hydrogen-bond acceptors (Lipinski definition) is 6. The lowest BCUT2D eigenvalue weighted by Crippen LogP contribution is -2.48. The number of hydrogen-bond donors (Lipinski definition) is 1. The number of carbonyl (C=O) groups excluding carboxylic acids is 3. The van der Waals surface area contributed by atoms with Crippen molar-refractivity contribution in [3.05, 3.63) is 29.8 Å². The Balaban J connectivity index is 1.93. The summed E-state index contributed by atoms with van der Waals surface area (Å²) < 4.78 is 5.11. The van der Waals surface area contributed by atoms with Crippen LogP contribution in [-0.2, 0) is 14.3 Å². The first kappa shape index (κ1) is 20.8. The van der Waals surface area contributed by atoms with E-state index in [2.05, 4.69) is 11.4 Å². The number of amides is 2. The van der Waals surface area contributed by atoms with Gasteiger partial charge in [-0.15, -0.1) is 11.8 Å². The monoisotopic (exact) mass is 389 g/mol. The first-order valence-corrected chi connectivity index (χ1v) is 9.56. The maximum Gasteiger partial charge on any atom is 0.339 e. The minimum atomic E-state index is -0.927. The number of benzene rings is 1. The van der Waals surface area contributed by atoms with Crippen molar-refractivity contribution < 1.29 is 19.1 Å². The van der Waals surface area contributed by atoms with Gasteiger partial charge in [0.25, 0.3) is 5.91 Å². The summed E-state index contributed by atoms with van der Waals surface area (Å²) in [5, 5.41) is 11.9. The third-order valence-corrected chi connectivity index (χ3v) is 5.37. The van der Waals surface area contributed by atoms with Crippen LogP contribution in [-0.4, -0.2) is 54.7 Å². The average molecular weight is 389 g/mol. The highest BCUT2D eigenvalue weighted by Gasteiger charge is 2.43. The molecule has 1 atom stereocenters. The average Bonchev–Trinajstić information content (AvgIpc) is 3.50. The van der Waals surface area contributed by atoms with Crippen LogP contribution in [0.5, 0.6) is 0 Å². The summed E-state index contributed by atoms with van der Waals surface area (Å²) >= 11 is 1.24.